The van der Waals surface area contributed by atoms with Gasteiger partial charge in [0.2, 0.25) is 0 Å². The van der Waals surface area contributed by atoms with Crippen molar-refractivity contribution in [2.75, 3.05) is 0 Å². The van der Waals surface area contributed by atoms with Crippen LogP contribution < -0.4 is 15.7 Å². The maximum Gasteiger partial charge on any atom is 0.408 e. The van der Waals surface area contributed by atoms with Crippen LogP contribution in [0.5, 0.6) is 5.75 Å². The summed E-state index contributed by atoms with van der Waals surface area (Å²) in [5, 5.41) is 3.32. The molecule has 3 aromatic rings. The third-order valence-corrected chi connectivity index (χ3v) is 6.03. The number of carbonyl (C=O) groups excluding carboxylic acids is 2. The van der Waals surface area contributed by atoms with Crippen LogP contribution in [0.4, 0.5) is 4.79 Å². The Bertz CT molecular complexity index is 1250. The monoisotopic (exact) mass is 463 g/mol. The predicted molar refractivity (Wildman–Crippen MR) is 128 cm³/mol. The van der Waals surface area contributed by atoms with Crippen molar-refractivity contribution in [3.05, 3.63) is 75.1 Å². The van der Waals surface area contributed by atoms with Gasteiger partial charge in [0, 0.05) is 5.56 Å². The number of rotatable bonds is 8. The summed E-state index contributed by atoms with van der Waals surface area (Å²) in [5.74, 6) is -0.224. The number of aryl methyl sites for hydroxylation is 2. The molecule has 0 saturated heterocycles. The van der Waals surface area contributed by atoms with Gasteiger partial charge < -0.3 is 19.2 Å². The molecule has 0 aliphatic heterocycles. The Kier molecular flexibility index (Phi) is 7.30. The molecule has 0 fully saturated rings. The van der Waals surface area contributed by atoms with Crippen LogP contribution in [0.15, 0.2) is 51.7 Å². The lowest BCUT2D eigenvalue weighted by molar-refractivity contribution is -0.136. The molecule has 0 saturated carbocycles. The van der Waals surface area contributed by atoms with E-state index in [1.807, 2.05) is 44.2 Å². The van der Waals surface area contributed by atoms with Gasteiger partial charge in [-0.05, 0) is 61.4 Å². The second-order valence-corrected chi connectivity index (χ2v) is 8.66. The minimum absolute atomic E-state index is 0.107. The van der Waals surface area contributed by atoms with E-state index in [0.717, 1.165) is 42.4 Å². The number of amides is 1. The molecule has 178 valence electrons. The summed E-state index contributed by atoms with van der Waals surface area (Å²) in [7, 11) is 0. The maximum atomic E-state index is 13.2. The molecule has 1 aromatic heterocycles. The van der Waals surface area contributed by atoms with E-state index in [0.29, 0.717) is 35.1 Å². The van der Waals surface area contributed by atoms with E-state index in [-0.39, 0.29) is 12.2 Å². The van der Waals surface area contributed by atoms with Crippen molar-refractivity contribution < 1.29 is 23.5 Å². The van der Waals surface area contributed by atoms with E-state index in [2.05, 4.69) is 5.32 Å². The SMILES string of the molecule is CCCC[C@H](NC(=O)OCc1ccccc1)C(=O)Oc1cc(C)cc2oc(=O)c3c(c12)CCC3. The van der Waals surface area contributed by atoms with Gasteiger partial charge in [-0.3, -0.25) is 0 Å². The normalized spacial score (nSPS) is 13.4. The molecule has 7 nitrogen and oxygen atoms in total. The lowest BCUT2D eigenvalue weighted by Gasteiger charge is -2.18. The average Bonchev–Trinajstić information content (AvgIpc) is 3.31. The maximum absolute atomic E-state index is 13.2. The molecule has 2 aromatic carbocycles. The highest BCUT2D eigenvalue weighted by molar-refractivity contribution is 5.92. The number of carbonyl (C=O) groups is 2. The lowest BCUT2D eigenvalue weighted by Crippen LogP contribution is -2.43. The van der Waals surface area contributed by atoms with Crippen molar-refractivity contribution >= 4 is 23.0 Å². The summed E-state index contributed by atoms with van der Waals surface area (Å²) in [6, 6.07) is 12.0. The molecular weight excluding hydrogens is 434 g/mol. The molecule has 7 heteroatoms. The van der Waals surface area contributed by atoms with Gasteiger partial charge in [-0.25, -0.2) is 14.4 Å². The van der Waals surface area contributed by atoms with Crippen molar-refractivity contribution in [2.24, 2.45) is 0 Å². The van der Waals surface area contributed by atoms with Crippen LogP contribution >= 0.6 is 0 Å². The average molecular weight is 464 g/mol. The first-order valence-corrected chi connectivity index (χ1v) is 11.7. The van der Waals surface area contributed by atoms with Crippen molar-refractivity contribution in [2.45, 2.75) is 65.0 Å². The van der Waals surface area contributed by atoms with Gasteiger partial charge in [-0.15, -0.1) is 0 Å². The zero-order valence-electron chi connectivity index (χ0n) is 19.5. The molecule has 1 aliphatic rings. The smallest absolute Gasteiger partial charge is 0.408 e. The van der Waals surface area contributed by atoms with E-state index in [9.17, 15) is 14.4 Å². The molecule has 1 aliphatic carbocycles. The van der Waals surface area contributed by atoms with E-state index in [4.69, 9.17) is 13.9 Å². The van der Waals surface area contributed by atoms with Gasteiger partial charge in [0.15, 0.2) is 0 Å². The van der Waals surface area contributed by atoms with Gasteiger partial charge in [-0.2, -0.15) is 0 Å². The standard InChI is InChI=1S/C27H29NO6/c1-3-4-13-21(28-27(31)32-16-18-9-6-5-7-10-18)26(30)34-23-15-17(2)14-22-24(23)19-11-8-12-20(19)25(29)33-22/h5-7,9-10,14-15,21H,3-4,8,11-13,16H2,1-2H3,(H,28,31)/t21-/m0/s1. The molecule has 1 N–H and O–H groups in total. The fraction of sp³-hybridized carbons (Fsp3) is 0.370. The molecule has 0 unspecified atom stereocenters. The van der Waals surface area contributed by atoms with Gasteiger partial charge in [0.25, 0.3) is 0 Å². The first-order chi connectivity index (χ1) is 16.5. The first-order valence-electron chi connectivity index (χ1n) is 11.7. The number of hydrogen-bond donors (Lipinski definition) is 1. The summed E-state index contributed by atoms with van der Waals surface area (Å²) < 4.78 is 16.7. The van der Waals surface area contributed by atoms with Crippen LogP contribution in [0.1, 0.15) is 54.9 Å². The number of nitrogens with one attached hydrogen (secondary N) is 1. The van der Waals surface area contributed by atoms with Gasteiger partial charge in [-0.1, -0.05) is 50.1 Å². The molecule has 0 bridgehead atoms. The number of unbranched alkanes of at least 4 members (excludes halogenated alkanes) is 1. The number of hydrogen-bond acceptors (Lipinski definition) is 6. The Balaban J connectivity index is 1.54. The van der Waals surface area contributed by atoms with Crippen molar-refractivity contribution in [3.8, 4) is 5.75 Å². The van der Waals surface area contributed by atoms with Gasteiger partial charge in [0.1, 0.15) is 24.0 Å². The zero-order valence-corrected chi connectivity index (χ0v) is 19.5. The third-order valence-electron chi connectivity index (χ3n) is 6.03. The number of esters is 1. The highest BCUT2D eigenvalue weighted by Crippen LogP contribution is 2.35. The Hall–Kier alpha value is -3.61. The Morgan fingerprint density at radius 1 is 1.12 bits per heavy atom. The van der Waals surface area contributed by atoms with Crippen LogP contribution in [-0.4, -0.2) is 18.1 Å². The highest BCUT2D eigenvalue weighted by Gasteiger charge is 2.27. The number of benzene rings is 2. The van der Waals surface area contributed by atoms with Crippen LogP contribution in [0, 0.1) is 6.92 Å². The summed E-state index contributed by atoms with van der Waals surface area (Å²) in [4.78, 5) is 37.9. The predicted octanol–water partition coefficient (Wildman–Crippen LogP) is 4.98. The Morgan fingerprint density at radius 2 is 1.88 bits per heavy atom. The Morgan fingerprint density at radius 3 is 2.65 bits per heavy atom. The molecule has 0 spiro atoms. The van der Waals surface area contributed by atoms with Gasteiger partial charge >= 0.3 is 17.7 Å². The third kappa shape index (κ3) is 5.30. The number of ether oxygens (including phenoxy) is 2. The largest absolute Gasteiger partial charge is 0.445 e. The van der Waals surface area contributed by atoms with Crippen LogP contribution in [0.3, 0.4) is 0 Å². The summed E-state index contributed by atoms with van der Waals surface area (Å²) >= 11 is 0. The quantitative estimate of drug-likeness (QED) is 0.288. The van der Waals surface area contributed by atoms with Crippen LogP contribution in [0.2, 0.25) is 0 Å². The first kappa shape index (κ1) is 23.5. The number of alkyl carbamates (subject to hydrolysis) is 1. The van der Waals surface area contributed by atoms with E-state index in [1.54, 1.807) is 12.1 Å². The molecule has 0 radical (unpaired) electrons. The van der Waals surface area contributed by atoms with E-state index < -0.39 is 18.1 Å². The molecule has 1 heterocycles. The highest BCUT2D eigenvalue weighted by atomic mass is 16.6. The van der Waals surface area contributed by atoms with Crippen LogP contribution in [0.25, 0.3) is 11.0 Å². The molecule has 34 heavy (non-hydrogen) atoms. The van der Waals surface area contributed by atoms with Crippen LogP contribution in [-0.2, 0) is 29.0 Å². The second-order valence-electron chi connectivity index (χ2n) is 8.66. The molecule has 1 atom stereocenters. The van der Waals surface area contributed by atoms with E-state index in [1.165, 1.54) is 0 Å². The van der Waals surface area contributed by atoms with Gasteiger partial charge in [0.05, 0.1) is 5.39 Å². The van der Waals surface area contributed by atoms with Crippen molar-refractivity contribution in [3.63, 3.8) is 0 Å². The van der Waals surface area contributed by atoms with Crippen molar-refractivity contribution in [1.82, 2.24) is 5.32 Å². The topological polar surface area (TPSA) is 94.8 Å². The fourth-order valence-electron chi connectivity index (χ4n) is 4.33. The number of fused-ring (bicyclic) bond motifs is 3. The second kappa shape index (κ2) is 10.5. The minimum Gasteiger partial charge on any atom is -0.445 e. The summed E-state index contributed by atoms with van der Waals surface area (Å²) in [5.41, 5.74) is 3.28. The fourth-order valence-corrected chi connectivity index (χ4v) is 4.33. The molecular formula is C27H29NO6. The van der Waals surface area contributed by atoms with Crippen molar-refractivity contribution in [1.29, 1.82) is 0 Å². The summed E-state index contributed by atoms with van der Waals surface area (Å²) in [6.45, 7) is 3.96. The molecule has 1 amide bonds. The van der Waals surface area contributed by atoms with E-state index >= 15 is 0 Å². The zero-order chi connectivity index (χ0) is 24.1. The summed E-state index contributed by atoms with van der Waals surface area (Å²) in [6.07, 6.45) is 3.58. The Labute approximate surface area is 198 Å². The minimum atomic E-state index is -0.859. The lowest BCUT2D eigenvalue weighted by atomic mass is 10.0. The molecule has 4 rings (SSSR count).